The van der Waals surface area contributed by atoms with Crippen molar-refractivity contribution in [1.29, 1.82) is 0 Å². The van der Waals surface area contributed by atoms with E-state index in [-0.39, 0.29) is 5.91 Å². The number of hydrogen-bond acceptors (Lipinski definition) is 3. The first-order chi connectivity index (χ1) is 13.5. The first kappa shape index (κ1) is 20.8. The zero-order chi connectivity index (χ0) is 19.9. The summed E-state index contributed by atoms with van der Waals surface area (Å²) in [6.45, 7) is 4.04. The summed E-state index contributed by atoms with van der Waals surface area (Å²) < 4.78 is 0. The molecule has 0 spiro atoms. The maximum Gasteiger partial charge on any atom is 0.223 e. The summed E-state index contributed by atoms with van der Waals surface area (Å²) in [5, 5.41) is 4.14. The Morgan fingerprint density at radius 2 is 1.86 bits per heavy atom. The number of hydrogen-bond donors (Lipinski definition) is 1. The topological polar surface area (TPSA) is 35.6 Å². The van der Waals surface area contributed by atoms with Crippen LogP contribution < -0.4 is 5.32 Å². The Hall–Kier alpha value is -1.88. The van der Waals surface area contributed by atoms with Gasteiger partial charge in [0, 0.05) is 37.6 Å². The van der Waals surface area contributed by atoms with Gasteiger partial charge in [-0.2, -0.15) is 0 Å². The number of amides is 1. The highest BCUT2D eigenvalue weighted by molar-refractivity contribution is 6.31. The van der Waals surface area contributed by atoms with Crippen molar-refractivity contribution in [2.24, 2.45) is 0 Å². The highest BCUT2D eigenvalue weighted by Gasteiger charge is 2.18. The number of nitrogens with zero attached hydrogens (tertiary/aromatic N) is 2. The van der Waals surface area contributed by atoms with Crippen molar-refractivity contribution in [1.82, 2.24) is 15.1 Å². The van der Waals surface area contributed by atoms with Gasteiger partial charge in [0.2, 0.25) is 5.91 Å². The maximum absolute atomic E-state index is 13.1. The molecule has 1 heterocycles. The SMILES string of the molecule is CN(C)CCN(Cc1ccccc1Cl)C(=O)CCc1cccc2c1CCNC2. The fourth-order valence-electron chi connectivity index (χ4n) is 3.69. The van der Waals surface area contributed by atoms with Gasteiger partial charge in [-0.3, -0.25) is 4.79 Å². The van der Waals surface area contributed by atoms with Crippen molar-refractivity contribution in [2.75, 3.05) is 33.7 Å². The van der Waals surface area contributed by atoms with Crippen LogP contribution in [0.2, 0.25) is 5.02 Å². The lowest BCUT2D eigenvalue weighted by molar-refractivity contribution is -0.131. The van der Waals surface area contributed by atoms with E-state index in [0.29, 0.717) is 19.5 Å². The largest absolute Gasteiger partial charge is 0.337 e. The van der Waals surface area contributed by atoms with Crippen molar-refractivity contribution in [2.45, 2.75) is 32.4 Å². The van der Waals surface area contributed by atoms with Crippen LogP contribution in [0.5, 0.6) is 0 Å². The van der Waals surface area contributed by atoms with Crippen LogP contribution in [0.4, 0.5) is 0 Å². The van der Waals surface area contributed by atoms with Crippen molar-refractivity contribution < 1.29 is 4.79 Å². The fraction of sp³-hybridized carbons (Fsp3) is 0.435. The minimum absolute atomic E-state index is 0.188. The third kappa shape index (κ3) is 5.57. The molecule has 1 aliphatic heterocycles. The van der Waals surface area contributed by atoms with Gasteiger partial charge in [-0.05, 0) is 61.8 Å². The molecule has 0 aromatic heterocycles. The van der Waals surface area contributed by atoms with Gasteiger partial charge in [-0.15, -0.1) is 0 Å². The Morgan fingerprint density at radius 3 is 2.64 bits per heavy atom. The molecular formula is C23H30ClN3O. The quantitative estimate of drug-likeness (QED) is 0.737. The Balaban J connectivity index is 1.68. The Morgan fingerprint density at radius 1 is 1.07 bits per heavy atom. The Bertz CT molecular complexity index is 806. The van der Waals surface area contributed by atoms with Crippen LogP contribution in [0, 0.1) is 0 Å². The number of carbonyl (C=O) groups is 1. The van der Waals surface area contributed by atoms with Crippen molar-refractivity contribution in [3.63, 3.8) is 0 Å². The molecular weight excluding hydrogens is 370 g/mol. The van der Waals surface area contributed by atoms with Gasteiger partial charge in [0.1, 0.15) is 0 Å². The van der Waals surface area contributed by atoms with E-state index in [0.717, 1.165) is 43.1 Å². The van der Waals surface area contributed by atoms with Crippen LogP contribution in [0.15, 0.2) is 42.5 Å². The number of aryl methyl sites for hydroxylation is 1. The van der Waals surface area contributed by atoms with Crippen LogP contribution in [0.1, 0.15) is 28.7 Å². The molecule has 28 heavy (non-hydrogen) atoms. The molecule has 4 nitrogen and oxygen atoms in total. The zero-order valence-electron chi connectivity index (χ0n) is 16.9. The van der Waals surface area contributed by atoms with Gasteiger partial charge >= 0.3 is 0 Å². The lowest BCUT2D eigenvalue weighted by atomic mass is 9.93. The summed E-state index contributed by atoms with van der Waals surface area (Å²) in [7, 11) is 4.06. The summed E-state index contributed by atoms with van der Waals surface area (Å²) in [6.07, 6.45) is 2.37. The van der Waals surface area contributed by atoms with Gasteiger partial charge in [0.05, 0.1) is 0 Å². The van der Waals surface area contributed by atoms with E-state index in [1.54, 1.807) is 0 Å². The molecule has 0 bridgehead atoms. The maximum atomic E-state index is 13.1. The number of likely N-dealkylation sites (N-methyl/N-ethyl adjacent to an activating group) is 1. The highest BCUT2D eigenvalue weighted by atomic mass is 35.5. The number of halogens is 1. The first-order valence-corrected chi connectivity index (χ1v) is 10.4. The van der Waals surface area contributed by atoms with E-state index in [1.807, 2.05) is 43.3 Å². The second-order valence-electron chi connectivity index (χ2n) is 7.69. The second kappa shape index (κ2) is 10.1. The minimum atomic E-state index is 0.188. The second-order valence-corrected chi connectivity index (χ2v) is 8.10. The Kier molecular flexibility index (Phi) is 7.49. The van der Waals surface area contributed by atoms with E-state index in [9.17, 15) is 4.79 Å². The molecule has 0 aliphatic carbocycles. The Labute approximate surface area is 173 Å². The molecule has 0 atom stereocenters. The van der Waals surface area contributed by atoms with Crippen molar-refractivity contribution in [3.8, 4) is 0 Å². The molecule has 0 radical (unpaired) electrons. The highest BCUT2D eigenvalue weighted by Crippen LogP contribution is 2.21. The molecule has 0 saturated carbocycles. The zero-order valence-corrected chi connectivity index (χ0v) is 17.6. The molecule has 1 amide bonds. The molecule has 0 unspecified atom stereocenters. The summed E-state index contributed by atoms with van der Waals surface area (Å²) in [6, 6.07) is 14.3. The van der Waals surface area contributed by atoms with Gasteiger partial charge in [0.25, 0.3) is 0 Å². The van der Waals surface area contributed by atoms with Crippen molar-refractivity contribution in [3.05, 3.63) is 69.7 Å². The van der Waals surface area contributed by atoms with Gasteiger partial charge in [-0.25, -0.2) is 0 Å². The van der Waals surface area contributed by atoms with Crippen LogP contribution in [0.3, 0.4) is 0 Å². The normalized spacial score (nSPS) is 13.4. The fourth-order valence-corrected chi connectivity index (χ4v) is 3.89. The third-order valence-electron chi connectivity index (χ3n) is 5.33. The number of benzene rings is 2. The molecule has 5 heteroatoms. The predicted molar refractivity (Wildman–Crippen MR) is 116 cm³/mol. The van der Waals surface area contributed by atoms with Crippen molar-refractivity contribution >= 4 is 17.5 Å². The number of nitrogens with one attached hydrogen (secondary N) is 1. The molecule has 0 fully saturated rings. The van der Waals surface area contributed by atoms with E-state index >= 15 is 0 Å². The van der Waals surface area contributed by atoms with E-state index in [1.165, 1.54) is 16.7 Å². The summed E-state index contributed by atoms with van der Waals surface area (Å²) in [4.78, 5) is 17.1. The minimum Gasteiger partial charge on any atom is -0.337 e. The van der Waals surface area contributed by atoms with Gasteiger partial charge in [-0.1, -0.05) is 48.0 Å². The summed E-state index contributed by atoms with van der Waals surface area (Å²) in [5.41, 5.74) is 5.12. The predicted octanol–water partition coefficient (Wildman–Crippen LogP) is 3.51. The monoisotopic (exact) mass is 399 g/mol. The van der Waals surface area contributed by atoms with E-state index < -0.39 is 0 Å². The first-order valence-electron chi connectivity index (χ1n) is 10.0. The van der Waals surface area contributed by atoms with Crippen LogP contribution >= 0.6 is 11.6 Å². The summed E-state index contributed by atoms with van der Waals surface area (Å²) >= 11 is 6.33. The molecule has 3 rings (SSSR count). The molecule has 1 N–H and O–H groups in total. The molecule has 1 aliphatic rings. The third-order valence-corrected chi connectivity index (χ3v) is 5.70. The number of carbonyl (C=O) groups excluding carboxylic acids is 1. The average molecular weight is 400 g/mol. The summed E-state index contributed by atoms with van der Waals surface area (Å²) in [5.74, 6) is 0.188. The standard InChI is InChI=1S/C23H30ClN3O/c1-26(2)14-15-27(17-20-6-3-4-9-22(20)24)23(28)11-10-18-7-5-8-19-16-25-13-12-21(18)19/h3-9,25H,10-17H2,1-2H3. The number of rotatable bonds is 8. The molecule has 150 valence electrons. The van der Waals surface area contributed by atoms with Gasteiger partial charge < -0.3 is 15.1 Å². The van der Waals surface area contributed by atoms with E-state index in [2.05, 4.69) is 28.4 Å². The molecule has 0 saturated heterocycles. The molecule has 2 aromatic rings. The lowest BCUT2D eigenvalue weighted by Gasteiger charge is -2.26. The van der Waals surface area contributed by atoms with Crippen LogP contribution in [-0.4, -0.2) is 49.4 Å². The molecule has 2 aromatic carbocycles. The smallest absolute Gasteiger partial charge is 0.223 e. The van der Waals surface area contributed by atoms with Crippen LogP contribution in [-0.2, 0) is 30.7 Å². The van der Waals surface area contributed by atoms with Crippen LogP contribution in [0.25, 0.3) is 0 Å². The number of fused-ring (bicyclic) bond motifs is 1. The van der Waals surface area contributed by atoms with Gasteiger partial charge in [0.15, 0.2) is 0 Å². The van der Waals surface area contributed by atoms with E-state index in [4.69, 9.17) is 11.6 Å². The average Bonchev–Trinajstić information content (AvgIpc) is 2.70. The lowest BCUT2D eigenvalue weighted by Crippen LogP contribution is -2.36.